The minimum atomic E-state index is -2.49. The lowest BCUT2D eigenvalue weighted by Crippen LogP contribution is -2.66. The number of aliphatic carboxylic acids is 1. The molecule has 15 rings (SSSR count). The number of phenolic OH excluding ortho intramolecular Hbond substituents is 4. The summed E-state index contributed by atoms with van der Waals surface area (Å²) < 4.78 is 44.4. The number of ether oxygens (including phenoxy) is 7. The van der Waals surface area contributed by atoms with Crippen molar-refractivity contribution in [3.63, 3.8) is 0 Å². The standard InChI is InChI=1S/C88H99Cl2N11O29/c1-38(2)13-10-8-6-7-9-11-14-61(107)93-69-73(110)75(112)78(86(121)122)130-87(69)129-77-58-31-43-32-59(77)126-55-24-19-42(29-50(55)89)71(108)68-84(119)97-66(80(115)91-25-12-26-100(3)4)48-33-44(103)34-57(127-88-76(113)74(111)72(109)60(37-102)128-88)62(48)47-28-40(17-22-52(47)104)64(81(116)98-68)94-82(117)65(43)95-83(118)67-49-35-46(36-54(106)63(49)90)125-56-30-41(18-23-53(56)105)70(101(5)99-123)85(120)92-51(79(114)96-67)27-39-15-20-45(124-58)21-16-39/h15-24,28-36,38,51,60,64-76,78,87-88,102-106,108-113H,6-14,25-27,37H2,1-5H3,(H,91,115)(H,92,120)(H,93,107)(H,94,117)(H,95,118)(H,96,114)(H,97,119)(H,98,116)(H,121,122)/t51-,60-,64-,65-,66+,67+,68+,69-,70-,71-,72-,73-,74+,75+,76+,78+,87-,88+/m1/s1. The average molecular weight is 1850 g/mol. The zero-order chi connectivity index (χ0) is 93.5. The molecule has 8 heterocycles. The minimum Gasteiger partial charge on any atom is -0.508 e. The minimum absolute atomic E-state index is 0.0531. The van der Waals surface area contributed by atoms with Crippen LogP contribution in [0.2, 0.25) is 10.0 Å². The molecule has 18 atom stereocenters. The Balaban J connectivity index is 1.05. The van der Waals surface area contributed by atoms with Gasteiger partial charge in [0.2, 0.25) is 65.6 Å². The number of carboxylic acid groups (broad SMARTS) is 1. The third-order valence-electron chi connectivity index (χ3n) is 22.9. The summed E-state index contributed by atoms with van der Waals surface area (Å²) in [6.45, 7) is 3.57. The molecule has 694 valence electrons. The fourth-order valence-electron chi connectivity index (χ4n) is 16.0. The highest BCUT2D eigenvalue weighted by Gasteiger charge is 2.52. The van der Waals surface area contributed by atoms with Crippen LogP contribution >= 0.6 is 23.2 Å². The third-order valence-corrected chi connectivity index (χ3v) is 23.6. The number of nitroso groups, excluding NO2 is 1. The van der Waals surface area contributed by atoms with Gasteiger partial charge in [0.05, 0.1) is 21.9 Å². The smallest absolute Gasteiger partial charge is 0.335 e. The molecule has 0 aromatic heterocycles. The van der Waals surface area contributed by atoms with Crippen molar-refractivity contribution in [3.8, 4) is 80.1 Å². The number of carboxylic acids is 1. The van der Waals surface area contributed by atoms with Crippen LogP contribution in [0.4, 0.5) is 0 Å². The molecule has 0 saturated carbocycles. The highest BCUT2D eigenvalue weighted by atomic mass is 35.5. The summed E-state index contributed by atoms with van der Waals surface area (Å²) in [5.41, 5.74) is -3.16. The zero-order valence-corrected chi connectivity index (χ0v) is 72.0. The number of aromatic hydroxyl groups is 4. The van der Waals surface area contributed by atoms with Crippen molar-refractivity contribution < 1.29 is 138 Å². The van der Waals surface area contributed by atoms with E-state index in [4.69, 9.17) is 56.4 Å². The number of phenols is 4. The van der Waals surface area contributed by atoms with Gasteiger partial charge in [0.1, 0.15) is 125 Å². The maximum absolute atomic E-state index is 16.9. The fourth-order valence-corrected chi connectivity index (χ4v) is 16.5. The van der Waals surface area contributed by atoms with Crippen molar-refractivity contribution in [1.29, 1.82) is 0 Å². The number of carbonyl (C=O) groups is 9. The molecule has 8 amide bonds. The average Bonchev–Trinajstić information content (AvgIpc) is 0.750. The Morgan fingerprint density at radius 3 is 1.91 bits per heavy atom. The molecule has 130 heavy (non-hydrogen) atoms. The van der Waals surface area contributed by atoms with Crippen LogP contribution in [0, 0.1) is 10.8 Å². The predicted octanol–water partition coefficient (Wildman–Crippen LogP) is 4.56. The third kappa shape index (κ3) is 21.3. The van der Waals surface area contributed by atoms with E-state index in [1.807, 2.05) is 0 Å². The van der Waals surface area contributed by atoms with E-state index in [0.29, 0.717) is 30.3 Å². The quantitative estimate of drug-likeness (QED) is 0.0237. The van der Waals surface area contributed by atoms with Gasteiger partial charge in [-0.25, -0.2) is 9.80 Å². The molecule has 42 heteroatoms. The van der Waals surface area contributed by atoms with E-state index >= 15 is 28.8 Å². The number of hydrogen-bond acceptors (Lipinski definition) is 30. The zero-order valence-electron chi connectivity index (χ0n) is 70.5. The molecule has 8 aliphatic rings. The van der Waals surface area contributed by atoms with Gasteiger partial charge in [-0.1, -0.05) is 106 Å². The first-order chi connectivity index (χ1) is 62.0. The molecule has 0 spiro atoms. The van der Waals surface area contributed by atoms with Crippen LogP contribution in [0.25, 0.3) is 11.1 Å². The van der Waals surface area contributed by atoms with Crippen LogP contribution in [0.15, 0.2) is 121 Å². The normalized spacial score (nSPS) is 25.6. The van der Waals surface area contributed by atoms with Crippen LogP contribution in [-0.4, -0.2) is 239 Å². The number of nitrogens with zero attached hydrogens (tertiary/aromatic N) is 3. The van der Waals surface area contributed by atoms with Gasteiger partial charge in [-0.2, -0.15) is 0 Å². The van der Waals surface area contributed by atoms with Crippen molar-refractivity contribution in [2.24, 2.45) is 11.2 Å². The van der Waals surface area contributed by atoms with E-state index in [1.54, 1.807) is 19.0 Å². The SMILES string of the molecule is CC(C)CCCCCCCCC(=O)N[C@H]1[C@H](Oc2c3cc4cc2Oc2ccc(cc2Cl)[C@@H](O)[C@@H]2NC(=O)[C@H](NC(=O)[C@@H]4NC(=O)[C@H]4NC(=O)[C@@H](Cc5ccc(cc5)O3)NC(=O)[C@H](N(C)N=O)c3ccc(O)c(c3)Oc3cc(O)c(Cl)c4c3)c3ccc(O)c(c3)-c3c(O[C@H]4O[C@H](CO)[C@@H](O)[C@H](O)[C@@H]4O)cc(O)cc3[C@@H](C(=O)NCCCN(C)C)NC2=O)O[C@H](C(=O)O)[C@@H](O)[C@@H]1O. The Morgan fingerprint density at radius 2 is 1.22 bits per heavy atom. The first kappa shape index (κ1) is 95.1. The second-order valence-electron chi connectivity index (χ2n) is 33.0. The van der Waals surface area contributed by atoms with Gasteiger partial charge in [0.25, 0.3) is 0 Å². The van der Waals surface area contributed by atoms with E-state index in [-0.39, 0.29) is 41.8 Å². The van der Waals surface area contributed by atoms with E-state index < -0.39 is 283 Å². The van der Waals surface area contributed by atoms with Gasteiger partial charge in [-0.15, -0.1) is 4.91 Å². The lowest BCUT2D eigenvalue weighted by atomic mass is 9.89. The maximum atomic E-state index is 16.9. The summed E-state index contributed by atoms with van der Waals surface area (Å²) in [6.07, 6.45) is -16.2. The van der Waals surface area contributed by atoms with E-state index in [0.717, 1.165) is 124 Å². The summed E-state index contributed by atoms with van der Waals surface area (Å²) in [4.78, 5) is 153. The van der Waals surface area contributed by atoms with Gasteiger partial charge >= 0.3 is 5.97 Å². The molecule has 0 unspecified atom stereocenters. The number of aliphatic hydroxyl groups is 7. The predicted molar refractivity (Wildman–Crippen MR) is 457 cm³/mol. The highest BCUT2D eigenvalue weighted by Crippen LogP contribution is 2.51. The number of likely N-dealkylation sites (N-methyl/N-ethyl adjacent to an activating group) is 1. The molecule has 7 aromatic carbocycles. The van der Waals surface area contributed by atoms with Gasteiger partial charge < -0.3 is 142 Å². The summed E-state index contributed by atoms with van der Waals surface area (Å²) in [7, 11) is 4.64. The molecule has 40 nitrogen and oxygen atoms in total. The number of nitrogens with one attached hydrogen (secondary N) is 8. The topological polar surface area (TPSA) is 593 Å². The summed E-state index contributed by atoms with van der Waals surface area (Å²) in [6, 6.07) is 4.05. The van der Waals surface area contributed by atoms with Crippen molar-refractivity contribution in [1.82, 2.24) is 52.4 Å². The van der Waals surface area contributed by atoms with Crippen LogP contribution in [0.1, 0.15) is 147 Å². The van der Waals surface area contributed by atoms with Crippen molar-refractivity contribution in [2.75, 3.05) is 40.8 Å². The Morgan fingerprint density at radius 1 is 0.569 bits per heavy atom. The number of amides is 8. The Hall–Kier alpha value is -12.5. The number of aliphatic hydroxyl groups excluding tert-OH is 7. The van der Waals surface area contributed by atoms with Crippen molar-refractivity contribution in [3.05, 3.63) is 169 Å². The number of benzene rings is 7. The first-order valence-corrected chi connectivity index (χ1v) is 42.6. The molecule has 2 saturated heterocycles. The van der Waals surface area contributed by atoms with Gasteiger partial charge in [-0.05, 0) is 146 Å². The number of carbonyl (C=O) groups excluding carboxylic acids is 8. The second kappa shape index (κ2) is 41.1. The second-order valence-corrected chi connectivity index (χ2v) is 33.8. The van der Waals surface area contributed by atoms with Crippen LogP contribution in [0.5, 0.6) is 69.0 Å². The molecule has 0 aliphatic carbocycles. The van der Waals surface area contributed by atoms with E-state index in [9.17, 15) is 80.6 Å². The van der Waals surface area contributed by atoms with Gasteiger partial charge in [0, 0.05) is 55.3 Å². The van der Waals surface area contributed by atoms with E-state index in [1.165, 1.54) is 30.3 Å². The first-order valence-electron chi connectivity index (χ1n) is 41.8. The van der Waals surface area contributed by atoms with Crippen molar-refractivity contribution in [2.45, 2.75) is 188 Å². The number of hydrogen-bond donors (Lipinski definition) is 20. The number of fused-ring (bicyclic) bond motifs is 14. The molecule has 20 N–H and O–H groups in total. The van der Waals surface area contributed by atoms with Crippen molar-refractivity contribution >= 4 is 76.4 Å². The van der Waals surface area contributed by atoms with Gasteiger partial charge in [-0.3, -0.25) is 38.4 Å². The van der Waals surface area contributed by atoms with Crippen LogP contribution < -0.4 is 66.2 Å². The molecular formula is C88H99Cl2N11O29. The summed E-state index contributed by atoms with van der Waals surface area (Å²) >= 11 is 14.3. The molecule has 8 aliphatic heterocycles. The van der Waals surface area contributed by atoms with E-state index in [2.05, 4.69) is 61.7 Å². The molecule has 0 radical (unpaired) electrons. The van der Waals surface area contributed by atoms with Gasteiger partial charge in [0.15, 0.2) is 35.1 Å². The molecular weight excluding hydrogens is 1750 g/mol. The number of unbranched alkanes of at least 4 members (excludes halogenated alkanes) is 5. The number of rotatable bonds is 23. The fraction of sp³-hybridized carbons (Fsp3) is 0.420. The summed E-state index contributed by atoms with van der Waals surface area (Å²) in [5.74, 6) is -18.5. The highest BCUT2D eigenvalue weighted by molar-refractivity contribution is 6.33. The van der Waals surface area contributed by atoms with Crippen LogP contribution in [0.3, 0.4) is 0 Å². The molecule has 2 fully saturated rings. The van der Waals surface area contributed by atoms with Crippen LogP contribution in [-0.2, 0) is 59.0 Å². The Bertz CT molecular complexity index is 5440. The lowest BCUT2D eigenvalue weighted by Gasteiger charge is -2.41. The maximum Gasteiger partial charge on any atom is 0.335 e. The Labute approximate surface area is 751 Å². The number of halogens is 2. The lowest BCUT2D eigenvalue weighted by molar-refractivity contribution is -0.277. The largest absolute Gasteiger partial charge is 0.508 e. The Kier molecular flexibility index (Phi) is 30.1. The monoisotopic (exact) mass is 1840 g/mol. The molecule has 7 aromatic rings. The molecule has 17 bridgehead atoms. The summed E-state index contributed by atoms with van der Waals surface area (Å²) in [5, 5.41) is 162.